The molecule has 0 heterocycles. The summed E-state index contributed by atoms with van der Waals surface area (Å²) in [5, 5.41) is 8.70. The Labute approximate surface area is 195 Å². The van der Waals surface area contributed by atoms with Crippen LogP contribution < -0.4 is 21.7 Å². The summed E-state index contributed by atoms with van der Waals surface area (Å²) >= 11 is 3.98. The molecule has 1 unspecified atom stereocenters. The molecule has 0 fully saturated rings. The lowest BCUT2D eigenvalue weighted by Crippen LogP contribution is -2.54. The fourth-order valence-corrected chi connectivity index (χ4v) is 3.83. The van der Waals surface area contributed by atoms with Gasteiger partial charge in [-0.1, -0.05) is 26.8 Å². The molecular formula is C20H36N4O6S2. The van der Waals surface area contributed by atoms with Gasteiger partial charge in [0.05, 0.1) is 17.5 Å². The van der Waals surface area contributed by atoms with Crippen LogP contribution in [0.4, 0.5) is 4.79 Å². The minimum atomic E-state index is -3.24. The Morgan fingerprint density at radius 2 is 1.72 bits per heavy atom. The molecule has 0 aliphatic rings. The second-order valence-corrected chi connectivity index (χ2v) is 10.1. The molecule has 0 saturated carbocycles. The van der Waals surface area contributed by atoms with E-state index in [0.717, 1.165) is 5.41 Å². The number of Topliss-reactive ketones (excluding diaryl/α,β-unsaturated/α-hetero) is 1. The fraction of sp³-hybridized carbons (Fsp3) is 0.700. The van der Waals surface area contributed by atoms with Crippen molar-refractivity contribution in [1.29, 1.82) is 0 Å². The molecule has 5 N–H and O–H groups in total. The molecule has 0 spiro atoms. The molecule has 0 aliphatic carbocycles. The summed E-state index contributed by atoms with van der Waals surface area (Å²) < 4.78 is 22.7. The SMILES string of the molecule is C=CS(=O)(=O)CCCCCC(=O)NC(C(=O)N[C@H](CCCNC(N)=O)C(=O)CS)C(C)C. The van der Waals surface area contributed by atoms with Gasteiger partial charge >= 0.3 is 6.03 Å². The maximum absolute atomic E-state index is 12.7. The highest BCUT2D eigenvalue weighted by Gasteiger charge is 2.28. The summed E-state index contributed by atoms with van der Waals surface area (Å²) in [7, 11) is -3.24. The molecule has 0 rings (SSSR count). The lowest BCUT2D eigenvalue weighted by molar-refractivity contribution is -0.132. The van der Waals surface area contributed by atoms with Crippen LogP contribution in [0.5, 0.6) is 0 Å². The zero-order valence-corrected chi connectivity index (χ0v) is 20.5. The maximum Gasteiger partial charge on any atom is 0.312 e. The Bertz CT molecular complexity index is 755. The Balaban J connectivity index is 4.71. The number of hydrogen-bond acceptors (Lipinski definition) is 7. The van der Waals surface area contributed by atoms with Gasteiger partial charge < -0.3 is 21.7 Å². The fourth-order valence-electron chi connectivity index (χ4n) is 2.83. The highest BCUT2D eigenvalue weighted by molar-refractivity contribution is 7.94. The van der Waals surface area contributed by atoms with Crippen molar-refractivity contribution < 1.29 is 27.6 Å². The monoisotopic (exact) mass is 492 g/mol. The number of sulfone groups is 1. The van der Waals surface area contributed by atoms with Crippen molar-refractivity contribution >= 4 is 46.1 Å². The van der Waals surface area contributed by atoms with E-state index in [1.54, 1.807) is 13.8 Å². The smallest absolute Gasteiger partial charge is 0.312 e. The molecule has 0 bridgehead atoms. The van der Waals surface area contributed by atoms with Gasteiger partial charge in [-0.25, -0.2) is 13.2 Å². The minimum absolute atomic E-state index is 0.00926. The predicted molar refractivity (Wildman–Crippen MR) is 127 cm³/mol. The van der Waals surface area contributed by atoms with Gasteiger partial charge in [-0.2, -0.15) is 12.6 Å². The molecule has 0 aromatic heterocycles. The first-order chi connectivity index (χ1) is 14.9. The summed E-state index contributed by atoms with van der Waals surface area (Å²) in [5.74, 6) is -1.37. The number of carbonyl (C=O) groups is 4. The second-order valence-electron chi connectivity index (χ2n) is 7.75. The molecule has 0 saturated heterocycles. The number of ketones is 1. The summed E-state index contributed by atoms with van der Waals surface area (Å²) in [6.07, 6.45) is 2.33. The van der Waals surface area contributed by atoms with Crippen molar-refractivity contribution in [1.82, 2.24) is 16.0 Å². The first kappa shape index (κ1) is 29.9. The molecule has 12 heteroatoms. The Hall–Kier alpha value is -2.08. The highest BCUT2D eigenvalue weighted by Crippen LogP contribution is 2.08. The lowest BCUT2D eigenvalue weighted by Gasteiger charge is -2.25. The summed E-state index contributed by atoms with van der Waals surface area (Å²) in [5.41, 5.74) is 5.00. The van der Waals surface area contributed by atoms with Gasteiger partial charge in [0.1, 0.15) is 6.04 Å². The summed E-state index contributed by atoms with van der Waals surface area (Å²) in [6.45, 7) is 7.07. The van der Waals surface area contributed by atoms with Crippen molar-refractivity contribution in [3.05, 3.63) is 12.0 Å². The van der Waals surface area contributed by atoms with Crippen molar-refractivity contribution in [2.75, 3.05) is 18.1 Å². The van der Waals surface area contributed by atoms with E-state index >= 15 is 0 Å². The van der Waals surface area contributed by atoms with Gasteiger partial charge in [-0.05, 0) is 31.6 Å². The maximum atomic E-state index is 12.7. The van der Waals surface area contributed by atoms with Crippen LogP contribution in [-0.4, -0.2) is 62.2 Å². The van der Waals surface area contributed by atoms with E-state index in [4.69, 9.17) is 5.73 Å². The van der Waals surface area contributed by atoms with Crippen LogP contribution >= 0.6 is 12.6 Å². The number of thiol groups is 1. The van der Waals surface area contributed by atoms with Crippen molar-refractivity contribution in [2.24, 2.45) is 11.7 Å². The number of urea groups is 1. The minimum Gasteiger partial charge on any atom is -0.352 e. The van der Waals surface area contributed by atoms with E-state index in [1.807, 2.05) is 0 Å². The normalized spacial score (nSPS) is 13.1. The van der Waals surface area contributed by atoms with Gasteiger partial charge in [0.15, 0.2) is 15.6 Å². The van der Waals surface area contributed by atoms with Gasteiger partial charge in [-0.3, -0.25) is 14.4 Å². The number of hydrogen-bond donors (Lipinski definition) is 5. The van der Waals surface area contributed by atoms with E-state index < -0.39 is 33.9 Å². The van der Waals surface area contributed by atoms with Crippen LogP contribution in [0.1, 0.15) is 52.4 Å². The van der Waals surface area contributed by atoms with Gasteiger partial charge in [0, 0.05) is 18.4 Å². The molecule has 0 aliphatic heterocycles. The second kappa shape index (κ2) is 15.7. The average molecular weight is 493 g/mol. The largest absolute Gasteiger partial charge is 0.352 e. The number of unbranched alkanes of at least 4 members (excludes halogenated alkanes) is 2. The van der Waals surface area contributed by atoms with E-state index in [1.165, 1.54) is 0 Å². The van der Waals surface area contributed by atoms with Crippen molar-refractivity contribution in [3.8, 4) is 0 Å². The van der Waals surface area contributed by atoms with Crippen LogP contribution in [0.25, 0.3) is 0 Å². The molecular weight excluding hydrogens is 456 g/mol. The first-order valence-electron chi connectivity index (χ1n) is 10.5. The Kier molecular flexibility index (Phi) is 14.7. The first-order valence-corrected chi connectivity index (χ1v) is 12.9. The van der Waals surface area contributed by atoms with Gasteiger partial charge in [-0.15, -0.1) is 0 Å². The van der Waals surface area contributed by atoms with E-state index in [2.05, 4.69) is 35.2 Å². The molecule has 0 aromatic carbocycles. The molecule has 0 radical (unpaired) electrons. The Morgan fingerprint density at radius 1 is 1.06 bits per heavy atom. The van der Waals surface area contributed by atoms with Crippen molar-refractivity contribution in [3.63, 3.8) is 0 Å². The summed E-state index contributed by atoms with van der Waals surface area (Å²) in [6, 6.07) is -2.29. The zero-order valence-electron chi connectivity index (χ0n) is 18.8. The van der Waals surface area contributed by atoms with Crippen LogP contribution in [0, 0.1) is 5.92 Å². The molecule has 0 aromatic rings. The number of rotatable bonds is 17. The van der Waals surface area contributed by atoms with Crippen LogP contribution in [0.15, 0.2) is 12.0 Å². The standard InChI is InChI=1S/C20H36N4O6S2/c1-4-32(29,30)12-7-5-6-10-17(26)24-18(14(2)3)19(27)23-15(16(25)13-31)9-8-11-22-20(21)28/h4,14-15,18,31H,1,5-13H2,2-3H3,(H,23,27)(H,24,26)(H3,21,22,28)/t15-,18?/m1/s1. The number of nitrogens with one attached hydrogen (secondary N) is 3. The third-order valence-electron chi connectivity index (χ3n) is 4.68. The molecule has 2 atom stereocenters. The quantitative estimate of drug-likeness (QED) is 0.148. The van der Waals surface area contributed by atoms with Crippen LogP contribution in [0.2, 0.25) is 0 Å². The lowest BCUT2D eigenvalue weighted by atomic mass is 10.0. The van der Waals surface area contributed by atoms with E-state index in [-0.39, 0.29) is 48.5 Å². The van der Waals surface area contributed by atoms with Crippen molar-refractivity contribution in [2.45, 2.75) is 64.5 Å². The number of amides is 4. The van der Waals surface area contributed by atoms with E-state index in [0.29, 0.717) is 25.7 Å². The third kappa shape index (κ3) is 13.4. The number of primary amides is 1. The molecule has 32 heavy (non-hydrogen) atoms. The number of carbonyl (C=O) groups excluding carboxylic acids is 4. The topological polar surface area (TPSA) is 165 Å². The highest BCUT2D eigenvalue weighted by atomic mass is 32.2. The van der Waals surface area contributed by atoms with Gasteiger partial charge in [0.25, 0.3) is 0 Å². The van der Waals surface area contributed by atoms with Crippen LogP contribution in [-0.2, 0) is 24.2 Å². The zero-order chi connectivity index (χ0) is 24.7. The average Bonchev–Trinajstić information content (AvgIpc) is 2.72. The molecule has 10 nitrogen and oxygen atoms in total. The van der Waals surface area contributed by atoms with Gasteiger partial charge in [0.2, 0.25) is 11.8 Å². The Morgan fingerprint density at radius 3 is 2.25 bits per heavy atom. The third-order valence-corrected chi connectivity index (χ3v) is 6.36. The number of nitrogens with two attached hydrogens (primary N) is 1. The van der Waals surface area contributed by atoms with E-state index in [9.17, 15) is 27.6 Å². The van der Waals surface area contributed by atoms with Crippen LogP contribution in [0.3, 0.4) is 0 Å². The predicted octanol–water partition coefficient (Wildman–Crippen LogP) is 0.678. The summed E-state index contributed by atoms with van der Waals surface area (Å²) in [4.78, 5) is 47.9. The molecule has 4 amide bonds. The molecule has 184 valence electrons.